The van der Waals surface area contributed by atoms with Crippen molar-refractivity contribution in [2.24, 2.45) is 5.10 Å². The maximum atomic E-state index is 12.1. The Bertz CT molecular complexity index is 1020. The second-order valence-electron chi connectivity index (χ2n) is 5.76. The highest BCUT2D eigenvalue weighted by atomic mass is 35.5. The second kappa shape index (κ2) is 8.83. The minimum absolute atomic E-state index is 0.292. The minimum atomic E-state index is -0.539. The van der Waals surface area contributed by atoms with Crippen molar-refractivity contribution in [3.05, 3.63) is 94.5 Å². The number of nitrogens with two attached hydrogens (primary N) is 1. The van der Waals surface area contributed by atoms with Crippen LogP contribution in [0.5, 0.6) is 5.75 Å². The van der Waals surface area contributed by atoms with Crippen molar-refractivity contribution >= 4 is 35.4 Å². The van der Waals surface area contributed by atoms with Gasteiger partial charge in [-0.05, 0) is 66.2 Å². The largest absolute Gasteiger partial charge is 0.423 e. The average Bonchev–Trinajstić information content (AvgIpc) is 2.70. The lowest BCUT2D eigenvalue weighted by Crippen LogP contribution is -2.17. The van der Waals surface area contributed by atoms with Gasteiger partial charge in [0, 0.05) is 11.3 Å². The van der Waals surface area contributed by atoms with E-state index >= 15 is 0 Å². The molecule has 1 amide bonds. The first-order valence-corrected chi connectivity index (χ1v) is 8.66. The molecule has 3 aromatic carbocycles. The second-order valence-corrected chi connectivity index (χ2v) is 6.17. The van der Waals surface area contributed by atoms with Crippen molar-refractivity contribution in [2.75, 3.05) is 5.73 Å². The van der Waals surface area contributed by atoms with Gasteiger partial charge >= 0.3 is 5.97 Å². The quantitative estimate of drug-likeness (QED) is 0.226. The van der Waals surface area contributed by atoms with Crippen molar-refractivity contribution in [2.45, 2.75) is 0 Å². The van der Waals surface area contributed by atoms with Crippen LogP contribution in [0, 0.1) is 0 Å². The molecule has 7 heteroatoms. The fourth-order valence-corrected chi connectivity index (χ4v) is 2.49. The Labute approximate surface area is 166 Å². The van der Waals surface area contributed by atoms with Crippen LogP contribution in [-0.4, -0.2) is 18.1 Å². The molecule has 0 saturated carbocycles. The van der Waals surface area contributed by atoms with Crippen LogP contribution in [-0.2, 0) is 0 Å². The molecule has 140 valence electrons. The smallest absolute Gasteiger partial charge is 0.345 e. The number of hydrazone groups is 1. The summed E-state index contributed by atoms with van der Waals surface area (Å²) in [5, 5.41) is 4.24. The van der Waals surface area contributed by atoms with Crippen molar-refractivity contribution in [1.29, 1.82) is 0 Å². The number of nitrogens with one attached hydrogen (secondary N) is 1. The average molecular weight is 394 g/mol. The lowest BCUT2D eigenvalue weighted by molar-refractivity contribution is 0.0734. The number of rotatable bonds is 5. The van der Waals surface area contributed by atoms with Gasteiger partial charge in [0.05, 0.1) is 16.8 Å². The molecule has 0 unspecified atom stereocenters. The topological polar surface area (TPSA) is 93.8 Å². The molecule has 0 fully saturated rings. The molecule has 0 radical (unpaired) electrons. The number of hydrogen-bond acceptors (Lipinski definition) is 5. The summed E-state index contributed by atoms with van der Waals surface area (Å²) >= 11 is 5.99. The molecule has 0 atom stereocenters. The Hall–Kier alpha value is -3.64. The van der Waals surface area contributed by atoms with E-state index in [0.29, 0.717) is 27.6 Å². The number of amides is 1. The highest BCUT2D eigenvalue weighted by molar-refractivity contribution is 6.33. The van der Waals surface area contributed by atoms with Crippen molar-refractivity contribution in [1.82, 2.24) is 5.43 Å². The lowest BCUT2D eigenvalue weighted by Gasteiger charge is -2.06. The zero-order valence-electron chi connectivity index (χ0n) is 14.6. The monoisotopic (exact) mass is 393 g/mol. The number of esters is 1. The third-order valence-electron chi connectivity index (χ3n) is 3.74. The molecule has 0 bridgehead atoms. The van der Waals surface area contributed by atoms with Gasteiger partial charge < -0.3 is 10.5 Å². The number of benzene rings is 3. The number of ether oxygens (including phenoxy) is 1. The van der Waals surface area contributed by atoms with E-state index in [2.05, 4.69) is 10.5 Å². The fourth-order valence-electron chi connectivity index (χ4n) is 2.28. The van der Waals surface area contributed by atoms with Gasteiger partial charge in [-0.25, -0.2) is 10.2 Å². The predicted molar refractivity (Wildman–Crippen MR) is 109 cm³/mol. The van der Waals surface area contributed by atoms with Crippen LogP contribution in [0.4, 0.5) is 5.69 Å². The van der Waals surface area contributed by atoms with Crippen molar-refractivity contribution in [3.63, 3.8) is 0 Å². The summed E-state index contributed by atoms with van der Waals surface area (Å²) in [4.78, 5) is 24.1. The van der Waals surface area contributed by atoms with Crippen LogP contribution in [0.25, 0.3) is 0 Å². The van der Waals surface area contributed by atoms with Gasteiger partial charge in [-0.1, -0.05) is 23.7 Å². The van der Waals surface area contributed by atoms with Crippen LogP contribution >= 0.6 is 11.6 Å². The molecule has 0 aromatic heterocycles. The maximum absolute atomic E-state index is 12.1. The number of nitrogens with zero attached hydrogens (tertiary/aromatic N) is 1. The van der Waals surface area contributed by atoms with Crippen LogP contribution in [0.3, 0.4) is 0 Å². The molecule has 0 aliphatic rings. The standard InChI is InChI=1S/C21H16ClN3O3/c22-19-4-2-1-3-18(19)21(27)28-17-11-5-14(6-12-17)13-24-25-20(26)15-7-9-16(23)10-8-15/h1-13H,23H2,(H,25,26)/b24-13-. The van der Waals surface area contributed by atoms with Crippen LogP contribution in [0.2, 0.25) is 5.02 Å². The highest BCUT2D eigenvalue weighted by Gasteiger charge is 2.11. The number of carbonyl (C=O) groups is 2. The van der Waals surface area contributed by atoms with E-state index in [9.17, 15) is 9.59 Å². The summed E-state index contributed by atoms with van der Waals surface area (Å²) in [6, 6.07) is 19.8. The number of nitrogen functional groups attached to an aromatic ring is 1. The van der Waals surface area contributed by atoms with E-state index in [1.807, 2.05) is 0 Å². The van der Waals surface area contributed by atoms with Gasteiger partial charge in [-0.15, -0.1) is 0 Å². The van der Waals surface area contributed by atoms with Crippen molar-refractivity contribution in [3.8, 4) is 5.75 Å². The third-order valence-corrected chi connectivity index (χ3v) is 4.07. The summed E-state index contributed by atoms with van der Waals surface area (Å²) in [6.07, 6.45) is 1.48. The molecule has 0 heterocycles. The van der Waals surface area contributed by atoms with E-state index in [4.69, 9.17) is 22.1 Å². The molecule has 3 N–H and O–H groups in total. The minimum Gasteiger partial charge on any atom is -0.423 e. The first-order valence-electron chi connectivity index (χ1n) is 8.28. The Morgan fingerprint density at radius 2 is 1.64 bits per heavy atom. The van der Waals surface area contributed by atoms with Crippen molar-refractivity contribution < 1.29 is 14.3 Å². The van der Waals surface area contributed by atoms with Crippen LogP contribution in [0.15, 0.2) is 77.9 Å². The molecular weight excluding hydrogens is 378 g/mol. The molecule has 6 nitrogen and oxygen atoms in total. The predicted octanol–water partition coefficient (Wildman–Crippen LogP) is 3.91. The molecule has 0 spiro atoms. The Balaban J connectivity index is 1.57. The SMILES string of the molecule is Nc1ccc(C(=O)N/N=C\c2ccc(OC(=O)c3ccccc3Cl)cc2)cc1. The van der Waals surface area contributed by atoms with Crippen LogP contribution in [0.1, 0.15) is 26.3 Å². The first-order chi connectivity index (χ1) is 13.5. The van der Waals surface area contributed by atoms with Crippen LogP contribution < -0.4 is 15.9 Å². The van der Waals surface area contributed by atoms with E-state index in [1.54, 1.807) is 72.8 Å². The molecule has 0 aliphatic carbocycles. The normalized spacial score (nSPS) is 10.6. The van der Waals surface area contributed by atoms with Gasteiger partial charge in [0.15, 0.2) is 0 Å². The summed E-state index contributed by atoms with van der Waals surface area (Å²) in [7, 11) is 0. The Kier molecular flexibility index (Phi) is 6.04. The Morgan fingerprint density at radius 1 is 0.964 bits per heavy atom. The maximum Gasteiger partial charge on any atom is 0.345 e. The number of carbonyl (C=O) groups excluding carboxylic acids is 2. The molecule has 3 rings (SSSR count). The zero-order chi connectivity index (χ0) is 19.9. The lowest BCUT2D eigenvalue weighted by atomic mass is 10.2. The van der Waals surface area contributed by atoms with Gasteiger partial charge in [0.1, 0.15) is 5.75 Å². The molecule has 0 aliphatic heterocycles. The summed E-state index contributed by atoms with van der Waals surface area (Å²) in [5.41, 5.74) is 10.1. The molecule has 28 heavy (non-hydrogen) atoms. The number of hydrogen-bond donors (Lipinski definition) is 2. The van der Waals surface area contributed by atoms with E-state index in [-0.39, 0.29) is 5.91 Å². The molecule has 0 saturated heterocycles. The summed E-state index contributed by atoms with van der Waals surface area (Å²) in [5.74, 6) is -0.516. The summed E-state index contributed by atoms with van der Waals surface area (Å²) in [6.45, 7) is 0. The zero-order valence-corrected chi connectivity index (χ0v) is 15.4. The number of halogens is 1. The third kappa shape index (κ3) is 4.96. The summed E-state index contributed by atoms with van der Waals surface area (Å²) < 4.78 is 5.30. The van der Waals surface area contributed by atoms with E-state index in [1.165, 1.54) is 6.21 Å². The highest BCUT2D eigenvalue weighted by Crippen LogP contribution is 2.18. The van der Waals surface area contributed by atoms with Gasteiger partial charge in [-0.3, -0.25) is 4.79 Å². The number of anilines is 1. The first kappa shape index (κ1) is 19.1. The van der Waals surface area contributed by atoms with Gasteiger partial charge in [0.25, 0.3) is 5.91 Å². The molecular formula is C21H16ClN3O3. The molecule has 3 aromatic rings. The van der Waals surface area contributed by atoms with Gasteiger partial charge in [-0.2, -0.15) is 5.10 Å². The van der Waals surface area contributed by atoms with E-state index in [0.717, 1.165) is 5.56 Å². The fraction of sp³-hybridized carbons (Fsp3) is 0. The van der Waals surface area contributed by atoms with Gasteiger partial charge in [0.2, 0.25) is 0 Å². The Morgan fingerprint density at radius 3 is 2.32 bits per heavy atom. The van der Waals surface area contributed by atoms with E-state index < -0.39 is 5.97 Å².